The number of benzene rings is 1. The lowest BCUT2D eigenvalue weighted by molar-refractivity contribution is 0.138. The molecule has 1 unspecified atom stereocenters. The molecule has 2 N–H and O–H groups in total. The molecule has 31 heavy (non-hydrogen) atoms. The van der Waals surface area contributed by atoms with E-state index in [4.69, 9.17) is 10.5 Å². The number of nitrogens with two attached hydrogens (primary N) is 1. The largest absolute Gasteiger partial charge is 0.380 e. The zero-order chi connectivity index (χ0) is 21.8. The maximum absolute atomic E-state index is 13.5. The Morgan fingerprint density at radius 1 is 1.32 bits per heavy atom. The highest BCUT2D eigenvalue weighted by molar-refractivity contribution is 5.89. The molecule has 0 bridgehead atoms. The van der Waals surface area contributed by atoms with E-state index >= 15 is 0 Å². The van der Waals surface area contributed by atoms with Gasteiger partial charge in [0.1, 0.15) is 28.5 Å². The molecule has 1 aliphatic rings. The van der Waals surface area contributed by atoms with Crippen molar-refractivity contribution >= 4 is 16.9 Å². The van der Waals surface area contributed by atoms with Crippen molar-refractivity contribution in [1.29, 1.82) is 5.26 Å². The normalized spacial score (nSPS) is 16.5. The maximum atomic E-state index is 13.5. The van der Waals surface area contributed by atoms with Crippen LogP contribution in [0.15, 0.2) is 41.5 Å². The van der Waals surface area contributed by atoms with Gasteiger partial charge in [0.15, 0.2) is 0 Å². The van der Waals surface area contributed by atoms with E-state index in [0.717, 1.165) is 30.8 Å². The molecule has 8 nitrogen and oxygen atoms in total. The smallest absolute Gasteiger partial charge is 0.278 e. The number of nitriles is 1. The van der Waals surface area contributed by atoms with Crippen molar-refractivity contribution in [2.45, 2.75) is 38.9 Å². The lowest BCUT2D eigenvalue weighted by Crippen LogP contribution is -2.44. The van der Waals surface area contributed by atoms with Crippen LogP contribution in [-0.4, -0.2) is 46.5 Å². The second-order valence-corrected chi connectivity index (χ2v) is 7.87. The Bertz CT molecular complexity index is 1140. The molecular formula is C23H28N6O2. The molecule has 1 aliphatic heterocycles. The van der Waals surface area contributed by atoms with E-state index in [9.17, 15) is 10.1 Å². The number of anilines is 1. The summed E-state index contributed by atoms with van der Waals surface area (Å²) in [6, 6.07) is 12.3. The summed E-state index contributed by atoms with van der Waals surface area (Å²) in [6.07, 6.45) is 3.42. The second-order valence-electron chi connectivity index (χ2n) is 7.87. The van der Waals surface area contributed by atoms with Crippen molar-refractivity contribution < 1.29 is 4.74 Å². The van der Waals surface area contributed by atoms with E-state index in [1.165, 1.54) is 6.33 Å². The van der Waals surface area contributed by atoms with Gasteiger partial charge in [-0.3, -0.25) is 9.36 Å². The summed E-state index contributed by atoms with van der Waals surface area (Å²) in [7, 11) is 0. The van der Waals surface area contributed by atoms with Gasteiger partial charge in [0, 0.05) is 32.3 Å². The Morgan fingerprint density at radius 2 is 2.13 bits per heavy atom. The summed E-state index contributed by atoms with van der Waals surface area (Å²) < 4.78 is 8.93. The van der Waals surface area contributed by atoms with Crippen LogP contribution in [0.3, 0.4) is 0 Å². The van der Waals surface area contributed by atoms with Gasteiger partial charge in [0.05, 0.1) is 19.5 Å². The highest BCUT2D eigenvalue weighted by Gasteiger charge is 2.28. The van der Waals surface area contributed by atoms with Crippen molar-refractivity contribution in [2.24, 2.45) is 5.73 Å². The third-order valence-corrected chi connectivity index (χ3v) is 5.73. The van der Waals surface area contributed by atoms with E-state index in [-0.39, 0.29) is 11.6 Å². The van der Waals surface area contributed by atoms with Crippen LogP contribution in [0.2, 0.25) is 0 Å². The van der Waals surface area contributed by atoms with Crippen LogP contribution in [0.4, 0.5) is 5.82 Å². The zero-order valence-corrected chi connectivity index (χ0v) is 17.8. The van der Waals surface area contributed by atoms with Crippen molar-refractivity contribution in [1.82, 2.24) is 14.1 Å². The van der Waals surface area contributed by atoms with Gasteiger partial charge >= 0.3 is 0 Å². The zero-order valence-electron chi connectivity index (χ0n) is 17.8. The Kier molecular flexibility index (Phi) is 6.35. The summed E-state index contributed by atoms with van der Waals surface area (Å²) in [5.74, 6) is 0.740. The van der Waals surface area contributed by atoms with Gasteiger partial charge in [-0.15, -0.1) is 0 Å². The van der Waals surface area contributed by atoms with Gasteiger partial charge in [-0.05, 0) is 25.3 Å². The molecule has 1 atom stereocenters. The average molecular weight is 421 g/mol. The second kappa shape index (κ2) is 9.33. The van der Waals surface area contributed by atoms with Gasteiger partial charge < -0.3 is 19.9 Å². The van der Waals surface area contributed by atoms with E-state index in [0.29, 0.717) is 49.4 Å². The lowest BCUT2D eigenvalue weighted by atomic mass is 10.1. The summed E-state index contributed by atoms with van der Waals surface area (Å²) in [6.45, 7) is 5.29. The van der Waals surface area contributed by atoms with Crippen LogP contribution >= 0.6 is 0 Å². The fraction of sp³-hybridized carbons (Fsp3) is 0.435. The van der Waals surface area contributed by atoms with Gasteiger partial charge in [0.2, 0.25) is 0 Å². The molecule has 162 valence electrons. The molecule has 3 heterocycles. The monoisotopic (exact) mass is 420 g/mol. The topological polar surface area (TPSA) is 102 Å². The van der Waals surface area contributed by atoms with E-state index in [1.54, 1.807) is 4.57 Å². The first-order valence-electron chi connectivity index (χ1n) is 10.8. The predicted octanol–water partition coefficient (Wildman–Crippen LogP) is 2.08. The standard InChI is InChI=1S/C23H28N6O2/c1-2-31-12-11-28-16-26-20-19(13-24)22(27-10-6-9-18(25)15-27)29(21(20)23(28)30)14-17-7-4-3-5-8-17/h3-5,7-8,16,18H,2,6,9-12,14-15,25H2,1H3. The highest BCUT2D eigenvalue weighted by atomic mass is 16.5. The number of piperidine rings is 1. The van der Waals surface area contributed by atoms with Gasteiger partial charge in [-0.1, -0.05) is 30.3 Å². The molecule has 8 heteroatoms. The Balaban J connectivity index is 1.91. The van der Waals surface area contributed by atoms with Crippen molar-refractivity contribution in [3.63, 3.8) is 0 Å². The molecule has 1 saturated heterocycles. The van der Waals surface area contributed by atoms with Crippen molar-refractivity contribution in [3.05, 3.63) is 58.1 Å². The summed E-state index contributed by atoms with van der Waals surface area (Å²) in [5.41, 5.74) is 8.47. The molecule has 0 amide bonds. The van der Waals surface area contributed by atoms with Crippen LogP contribution in [0.25, 0.3) is 11.0 Å². The molecule has 3 aromatic rings. The molecule has 1 aromatic carbocycles. The summed E-state index contributed by atoms with van der Waals surface area (Å²) >= 11 is 0. The lowest BCUT2D eigenvalue weighted by Gasteiger charge is -2.33. The highest BCUT2D eigenvalue weighted by Crippen LogP contribution is 2.32. The number of nitrogens with zero attached hydrogens (tertiary/aromatic N) is 5. The first-order chi connectivity index (χ1) is 15.1. The number of fused-ring (bicyclic) bond motifs is 1. The van der Waals surface area contributed by atoms with Crippen molar-refractivity contribution in [3.8, 4) is 6.07 Å². The molecule has 0 radical (unpaired) electrons. The van der Waals surface area contributed by atoms with Gasteiger partial charge in [0.25, 0.3) is 5.56 Å². The minimum absolute atomic E-state index is 0.0410. The molecule has 1 fully saturated rings. The molecule has 4 rings (SSSR count). The average Bonchev–Trinajstić information content (AvgIpc) is 3.10. The number of ether oxygens (including phenoxy) is 1. The summed E-state index contributed by atoms with van der Waals surface area (Å²) in [4.78, 5) is 20.1. The van der Waals surface area contributed by atoms with E-state index in [2.05, 4.69) is 16.0 Å². The van der Waals surface area contributed by atoms with Crippen LogP contribution in [-0.2, 0) is 17.8 Å². The fourth-order valence-electron chi connectivity index (χ4n) is 4.27. The third kappa shape index (κ3) is 4.20. The Morgan fingerprint density at radius 3 is 2.84 bits per heavy atom. The van der Waals surface area contributed by atoms with E-state index < -0.39 is 0 Å². The molecule has 0 saturated carbocycles. The minimum atomic E-state index is -0.162. The quantitative estimate of drug-likeness (QED) is 0.587. The first-order valence-corrected chi connectivity index (χ1v) is 10.8. The summed E-state index contributed by atoms with van der Waals surface area (Å²) in [5, 5.41) is 10.0. The molecular weight excluding hydrogens is 392 g/mol. The number of hydrogen-bond acceptors (Lipinski definition) is 6. The van der Waals surface area contributed by atoms with Gasteiger partial charge in [-0.25, -0.2) is 4.98 Å². The van der Waals surface area contributed by atoms with E-state index in [1.807, 2.05) is 41.8 Å². The molecule has 0 aliphatic carbocycles. The minimum Gasteiger partial charge on any atom is -0.380 e. The molecule has 2 aromatic heterocycles. The third-order valence-electron chi connectivity index (χ3n) is 5.73. The number of aromatic nitrogens is 3. The fourth-order valence-corrected chi connectivity index (χ4v) is 4.27. The number of rotatable bonds is 7. The Labute approximate surface area is 181 Å². The predicted molar refractivity (Wildman–Crippen MR) is 120 cm³/mol. The van der Waals surface area contributed by atoms with Crippen LogP contribution in [0.1, 0.15) is 30.9 Å². The maximum Gasteiger partial charge on any atom is 0.278 e. The number of hydrogen-bond donors (Lipinski definition) is 1. The Hall–Kier alpha value is -3.15. The van der Waals surface area contributed by atoms with Crippen molar-refractivity contribution in [2.75, 3.05) is 31.2 Å². The SMILES string of the molecule is CCOCCn1cnc2c(C#N)c(N3CCCC(N)C3)n(Cc3ccccc3)c2c1=O. The first kappa shape index (κ1) is 21.1. The molecule has 0 spiro atoms. The van der Waals surface area contributed by atoms with Crippen LogP contribution in [0.5, 0.6) is 0 Å². The van der Waals surface area contributed by atoms with Crippen LogP contribution in [0, 0.1) is 11.3 Å². The van der Waals surface area contributed by atoms with Crippen LogP contribution < -0.4 is 16.2 Å². The van der Waals surface area contributed by atoms with Gasteiger partial charge in [-0.2, -0.15) is 5.26 Å².